The van der Waals surface area contributed by atoms with Gasteiger partial charge in [0.15, 0.2) is 4.34 Å². The van der Waals surface area contributed by atoms with Crippen molar-refractivity contribution < 1.29 is 9.53 Å². The number of carbonyl (C=O) groups excluding carboxylic acids is 1. The Morgan fingerprint density at radius 3 is 2.59 bits per heavy atom. The van der Waals surface area contributed by atoms with Crippen LogP contribution in [0.3, 0.4) is 0 Å². The normalized spacial score (nSPS) is 10.9. The number of carbonyl (C=O) groups is 1. The maximum atomic E-state index is 12.6. The molecule has 0 fully saturated rings. The summed E-state index contributed by atoms with van der Waals surface area (Å²) in [7, 11) is 1.61. The van der Waals surface area contributed by atoms with E-state index in [1.165, 1.54) is 34.2 Å². The number of thiazole rings is 1. The van der Waals surface area contributed by atoms with Gasteiger partial charge in [-0.1, -0.05) is 49.9 Å². The van der Waals surface area contributed by atoms with Gasteiger partial charge in [0, 0.05) is 28.5 Å². The molecule has 7 heteroatoms. The minimum Gasteiger partial charge on any atom is -0.497 e. The summed E-state index contributed by atoms with van der Waals surface area (Å²) in [5.41, 5.74) is 4.27. The summed E-state index contributed by atoms with van der Waals surface area (Å²) in [5.74, 6) is 0.983. The Balaban J connectivity index is 1.48. The Morgan fingerprint density at radius 1 is 1.06 bits per heavy atom. The van der Waals surface area contributed by atoms with Gasteiger partial charge in [0.1, 0.15) is 10.6 Å². The van der Waals surface area contributed by atoms with Crippen molar-refractivity contribution in [1.29, 1.82) is 0 Å². The average molecular weight is 462 g/mol. The molecule has 4 rings (SSSR count). The molecule has 0 aliphatic carbocycles. The molecule has 0 aliphatic heterocycles. The zero-order valence-electron chi connectivity index (χ0n) is 18.0. The highest BCUT2D eigenvalue weighted by Crippen LogP contribution is 2.35. The molecule has 0 saturated heterocycles. The van der Waals surface area contributed by atoms with Gasteiger partial charge >= 0.3 is 0 Å². The molecule has 0 spiro atoms. The number of hydrogen-bond acceptors (Lipinski definition) is 6. The number of pyridine rings is 1. The van der Waals surface area contributed by atoms with Crippen LogP contribution in [0, 0.1) is 0 Å². The molecular weight excluding hydrogens is 438 g/mol. The first-order valence-corrected chi connectivity index (χ1v) is 11.8. The van der Waals surface area contributed by atoms with E-state index in [2.05, 4.69) is 59.5 Å². The molecule has 1 amide bonds. The topological polar surface area (TPSA) is 64.1 Å². The molecule has 0 atom stereocenters. The Hall–Kier alpha value is -3.16. The van der Waals surface area contributed by atoms with Crippen LogP contribution in [0.2, 0.25) is 0 Å². The van der Waals surface area contributed by atoms with Crippen molar-refractivity contribution in [2.75, 3.05) is 12.4 Å². The standard InChI is InChI=1S/C25H23N3O2S2/c1-16(2)21-6-4-5-7-22(21)17-12-20(14-26-13-17)31-25-27-15-23(32-25)24(29)28-18-8-10-19(30-3)11-9-18/h4-16H,1-3H3,(H,28,29). The summed E-state index contributed by atoms with van der Waals surface area (Å²) >= 11 is 2.87. The lowest BCUT2D eigenvalue weighted by Gasteiger charge is -2.13. The molecule has 1 N–H and O–H groups in total. The van der Waals surface area contributed by atoms with Crippen LogP contribution in [0.25, 0.3) is 11.1 Å². The third-order valence-corrected chi connectivity index (χ3v) is 6.90. The molecule has 0 radical (unpaired) electrons. The van der Waals surface area contributed by atoms with E-state index in [4.69, 9.17) is 4.74 Å². The monoisotopic (exact) mass is 461 g/mol. The second-order valence-corrected chi connectivity index (χ2v) is 9.78. The lowest BCUT2D eigenvalue weighted by Crippen LogP contribution is -2.09. The van der Waals surface area contributed by atoms with Crippen LogP contribution in [-0.2, 0) is 0 Å². The molecular formula is C25H23N3O2S2. The number of nitrogens with one attached hydrogen (secondary N) is 1. The second-order valence-electron chi connectivity index (χ2n) is 7.43. The van der Waals surface area contributed by atoms with Crippen LogP contribution >= 0.6 is 23.1 Å². The first kappa shape index (κ1) is 22.0. The molecule has 2 heterocycles. The number of benzene rings is 2. The number of aromatic nitrogens is 2. The van der Waals surface area contributed by atoms with Gasteiger partial charge in [-0.05, 0) is 47.4 Å². The highest BCUT2D eigenvalue weighted by Gasteiger charge is 2.13. The van der Waals surface area contributed by atoms with Gasteiger partial charge in [0.25, 0.3) is 5.91 Å². The van der Waals surface area contributed by atoms with E-state index in [1.807, 2.05) is 12.4 Å². The highest BCUT2D eigenvalue weighted by atomic mass is 32.2. The van der Waals surface area contributed by atoms with Gasteiger partial charge in [0.05, 0.1) is 13.3 Å². The molecule has 162 valence electrons. The fraction of sp³-hybridized carbons (Fsp3) is 0.160. The lowest BCUT2D eigenvalue weighted by atomic mass is 9.93. The Kier molecular flexibility index (Phi) is 6.87. The fourth-order valence-electron chi connectivity index (χ4n) is 3.26. The third kappa shape index (κ3) is 5.18. The minimum absolute atomic E-state index is 0.183. The molecule has 0 bridgehead atoms. The van der Waals surface area contributed by atoms with Gasteiger partial charge in [0.2, 0.25) is 0 Å². The van der Waals surface area contributed by atoms with Gasteiger partial charge < -0.3 is 10.1 Å². The van der Waals surface area contributed by atoms with E-state index >= 15 is 0 Å². The second kappa shape index (κ2) is 9.97. The smallest absolute Gasteiger partial charge is 0.267 e. The average Bonchev–Trinajstić information content (AvgIpc) is 3.28. The first-order valence-electron chi connectivity index (χ1n) is 10.2. The Bertz CT molecular complexity index is 1220. The highest BCUT2D eigenvalue weighted by molar-refractivity contribution is 8.01. The largest absolute Gasteiger partial charge is 0.497 e. The molecule has 2 aromatic heterocycles. The number of anilines is 1. The van der Waals surface area contributed by atoms with Gasteiger partial charge in [-0.25, -0.2) is 4.98 Å². The van der Waals surface area contributed by atoms with Crippen molar-refractivity contribution in [3.63, 3.8) is 0 Å². The van der Waals surface area contributed by atoms with E-state index < -0.39 is 0 Å². The van der Waals surface area contributed by atoms with Crippen molar-refractivity contribution in [2.45, 2.75) is 29.0 Å². The molecule has 2 aromatic carbocycles. The minimum atomic E-state index is -0.183. The van der Waals surface area contributed by atoms with E-state index in [1.54, 1.807) is 37.6 Å². The van der Waals surface area contributed by atoms with E-state index in [-0.39, 0.29) is 5.91 Å². The Morgan fingerprint density at radius 2 is 1.84 bits per heavy atom. The quantitative estimate of drug-likeness (QED) is 0.330. The molecule has 0 aliphatic rings. The number of amides is 1. The molecule has 0 saturated carbocycles. The molecule has 4 aromatic rings. The van der Waals surface area contributed by atoms with Gasteiger partial charge in [-0.3, -0.25) is 9.78 Å². The Labute approximate surface area is 195 Å². The number of hydrogen-bond donors (Lipinski definition) is 1. The SMILES string of the molecule is COc1ccc(NC(=O)c2cnc(Sc3cncc(-c4ccccc4C(C)C)c3)s2)cc1. The maximum absolute atomic E-state index is 12.6. The van der Waals surface area contributed by atoms with Crippen LogP contribution < -0.4 is 10.1 Å². The zero-order valence-corrected chi connectivity index (χ0v) is 19.7. The number of methoxy groups -OCH3 is 1. The summed E-state index contributed by atoms with van der Waals surface area (Å²) < 4.78 is 5.94. The summed E-state index contributed by atoms with van der Waals surface area (Å²) in [6.07, 6.45) is 5.32. The van der Waals surface area contributed by atoms with Crippen LogP contribution in [-0.4, -0.2) is 23.0 Å². The summed E-state index contributed by atoms with van der Waals surface area (Å²) in [6, 6.07) is 17.8. The zero-order chi connectivity index (χ0) is 22.5. The van der Waals surface area contributed by atoms with Crippen molar-refractivity contribution in [2.24, 2.45) is 0 Å². The van der Waals surface area contributed by atoms with Crippen molar-refractivity contribution in [3.8, 4) is 16.9 Å². The van der Waals surface area contributed by atoms with Crippen LogP contribution in [0.5, 0.6) is 5.75 Å². The van der Waals surface area contributed by atoms with Crippen molar-refractivity contribution in [3.05, 3.63) is 83.6 Å². The van der Waals surface area contributed by atoms with E-state index in [0.717, 1.165) is 20.5 Å². The molecule has 32 heavy (non-hydrogen) atoms. The number of nitrogens with zero attached hydrogens (tertiary/aromatic N) is 2. The summed E-state index contributed by atoms with van der Waals surface area (Å²) in [6.45, 7) is 4.39. The van der Waals surface area contributed by atoms with Crippen molar-refractivity contribution in [1.82, 2.24) is 9.97 Å². The van der Waals surface area contributed by atoms with Crippen LogP contribution in [0.15, 0.2) is 82.4 Å². The fourth-order valence-corrected chi connectivity index (χ4v) is 5.14. The first-order chi connectivity index (χ1) is 15.5. The van der Waals surface area contributed by atoms with Crippen LogP contribution in [0.4, 0.5) is 5.69 Å². The lowest BCUT2D eigenvalue weighted by molar-refractivity contribution is 0.103. The van der Waals surface area contributed by atoms with E-state index in [0.29, 0.717) is 16.5 Å². The van der Waals surface area contributed by atoms with E-state index in [9.17, 15) is 4.79 Å². The molecule has 0 unspecified atom stereocenters. The summed E-state index contributed by atoms with van der Waals surface area (Å²) in [4.78, 5) is 23.0. The number of ether oxygens (including phenoxy) is 1. The molecule has 5 nitrogen and oxygen atoms in total. The van der Waals surface area contributed by atoms with Gasteiger partial charge in [-0.15, -0.1) is 11.3 Å². The van der Waals surface area contributed by atoms with Crippen molar-refractivity contribution >= 4 is 34.7 Å². The summed E-state index contributed by atoms with van der Waals surface area (Å²) in [5, 5.41) is 2.89. The third-order valence-electron chi connectivity index (χ3n) is 4.87. The predicted octanol–water partition coefficient (Wildman–Crippen LogP) is 6.74. The predicted molar refractivity (Wildman–Crippen MR) is 131 cm³/mol. The number of rotatable bonds is 7. The maximum Gasteiger partial charge on any atom is 0.267 e. The van der Waals surface area contributed by atoms with Gasteiger partial charge in [-0.2, -0.15) is 0 Å². The van der Waals surface area contributed by atoms with Crippen LogP contribution in [0.1, 0.15) is 35.0 Å².